The van der Waals surface area contributed by atoms with E-state index in [1.54, 1.807) is 47.6 Å². The molecule has 1 fully saturated rings. The van der Waals surface area contributed by atoms with Gasteiger partial charge in [0.2, 0.25) is 5.95 Å². The van der Waals surface area contributed by atoms with Crippen molar-refractivity contribution < 1.29 is 4.79 Å². The van der Waals surface area contributed by atoms with Gasteiger partial charge in [0.05, 0.1) is 6.04 Å². The van der Waals surface area contributed by atoms with E-state index in [9.17, 15) is 4.79 Å². The Kier molecular flexibility index (Phi) is 3.87. The fraction of sp³-hybridized carbons (Fsp3) is 0.214. The first-order valence-electron chi connectivity index (χ1n) is 6.56. The summed E-state index contributed by atoms with van der Waals surface area (Å²) in [6.45, 7) is 1.25. The van der Waals surface area contributed by atoms with Crippen molar-refractivity contribution in [1.82, 2.24) is 14.9 Å². The average molecular weight is 304 g/mol. The lowest BCUT2D eigenvalue weighted by molar-refractivity contribution is 0.171. The molecule has 0 atom stereocenters. The molecule has 1 aromatic carbocycles. The number of carbonyl (C=O) groups excluding carboxylic acids is 1. The number of likely N-dealkylation sites (tertiary alicyclic amines) is 1. The molecule has 1 aliphatic heterocycles. The van der Waals surface area contributed by atoms with Crippen LogP contribution in [-0.4, -0.2) is 40.0 Å². The maximum absolute atomic E-state index is 12.0. The predicted molar refractivity (Wildman–Crippen MR) is 81.5 cm³/mol. The van der Waals surface area contributed by atoms with Gasteiger partial charge in [-0.3, -0.25) is 0 Å². The summed E-state index contributed by atoms with van der Waals surface area (Å²) < 4.78 is 0. The fourth-order valence-electron chi connectivity index (χ4n) is 2.03. The minimum absolute atomic E-state index is 0.121. The van der Waals surface area contributed by atoms with E-state index < -0.39 is 0 Å². The molecule has 0 radical (unpaired) electrons. The number of rotatable bonds is 3. The van der Waals surface area contributed by atoms with Gasteiger partial charge in [-0.05, 0) is 30.3 Å². The highest BCUT2D eigenvalue weighted by Gasteiger charge is 2.31. The van der Waals surface area contributed by atoms with Crippen LogP contribution in [0.25, 0.3) is 0 Å². The van der Waals surface area contributed by atoms with Gasteiger partial charge in [-0.15, -0.1) is 0 Å². The van der Waals surface area contributed by atoms with Crippen molar-refractivity contribution in [3.63, 3.8) is 0 Å². The standard InChI is InChI=1S/C14H14ClN5O/c15-10-2-4-11(5-3-10)19-14(21)20-8-12(9-20)18-13-16-6-1-7-17-13/h1-7,12H,8-9H2,(H,19,21)(H,16,17,18). The number of carbonyl (C=O) groups is 1. The van der Waals surface area contributed by atoms with Crippen LogP contribution in [0.3, 0.4) is 0 Å². The number of urea groups is 1. The molecule has 108 valence electrons. The number of hydrogen-bond acceptors (Lipinski definition) is 4. The van der Waals surface area contributed by atoms with Crippen LogP contribution in [0.1, 0.15) is 0 Å². The Bertz CT molecular complexity index is 613. The molecule has 2 aromatic rings. The van der Waals surface area contributed by atoms with E-state index >= 15 is 0 Å². The van der Waals surface area contributed by atoms with Crippen molar-refractivity contribution in [2.24, 2.45) is 0 Å². The first-order valence-corrected chi connectivity index (χ1v) is 6.93. The first kappa shape index (κ1) is 13.6. The second-order valence-corrected chi connectivity index (χ2v) is 5.19. The zero-order chi connectivity index (χ0) is 14.7. The summed E-state index contributed by atoms with van der Waals surface area (Å²) in [5, 5.41) is 6.64. The Hall–Kier alpha value is -2.34. The molecular weight excluding hydrogens is 290 g/mol. The first-order chi connectivity index (χ1) is 10.2. The molecule has 0 saturated carbocycles. The van der Waals surface area contributed by atoms with E-state index in [0.717, 1.165) is 5.69 Å². The van der Waals surface area contributed by atoms with Crippen molar-refractivity contribution in [3.05, 3.63) is 47.7 Å². The lowest BCUT2D eigenvalue weighted by Gasteiger charge is -2.39. The minimum Gasteiger partial charge on any atom is -0.348 e. The molecule has 0 unspecified atom stereocenters. The number of aromatic nitrogens is 2. The SMILES string of the molecule is O=C(Nc1ccc(Cl)cc1)N1CC(Nc2ncccn2)C1. The molecule has 0 spiro atoms. The zero-order valence-electron chi connectivity index (χ0n) is 11.2. The third kappa shape index (κ3) is 3.41. The van der Waals surface area contributed by atoms with Crippen LogP contribution in [-0.2, 0) is 0 Å². The number of halogens is 1. The van der Waals surface area contributed by atoms with Gasteiger partial charge in [0.15, 0.2) is 0 Å². The molecule has 1 saturated heterocycles. The quantitative estimate of drug-likeness (QED) is 0.914. The molecule has 2 heterocycles. The molecule has 1 aliphatic rings. The molecule has 7 heteroatoms. The Morgan fingerprint density at radius 2 is 1.86 bits per heavy atom. The van der Waals surface area contributed by atoms with Crippen LogP contribution in [0.15, 0.2) is 42.7 Å². The Morgan fingerprint density at radius 3 is 2.52 bits per heavy atom. The van der Waals surface area contributed by atoms with Crippen LogP contribution in [0.5, 0.6) is 0 Å². The van der Waals surface area contributed by atoms with E-state index in [0.29, 0.717) is 24.1 Å². The number of nitrogens with zero attached hydrogens (tertiary/aromatic N) is 3. The number of benzene rings is 1. The molecule has 6 nitrogen and oxygen atoms in total. The third-order valence-electron chi connectivity index (χ3n) is 3.16. The average Bonchev–Trinajstić information content (AvgIpc) is 2.46. The van der Waals surface area contributed by atoms with Crippen molar-refractivity contribution in [3.8, 4) is 0 Å². The van der Waals surface area contributed by atoms with Gasteiger partial charge < -0.3 is 15.5 Å². The van der Waals surface area contributed by atoms with E-state index in [4.69, 9.17) is 11.6 Å². The number of nitrogens with one attached hydrogen (secondary N) is 2. The molecule has 0 bridgehead atoms. The van der Waals surface area contributed by atoms with Crippen LogP contribution < -0.4 is 10.6 Å². The number of hydrogen-bond donors (Lipinski definition) is 2. The van der Waals surface area contributed by atoms with E-state index in [2.05, 4.69) is 20.6 Å². The number of amides is 2. The summed E-state index contributed by atoms with van der Waals surface area (Å²) in [6.07, 6.45) is 3.36. The van der Waals surface area contributed by atoms with Crippen LogP contribution in [0.4, 0.5) is 16.4 Å². The Labute approximate surface area is 127 Å². The van der Waals surface area contributed by atoms with Crippen molar-refractivity contribution in [2.45, 2.75) is 6.04 Å². The lowest BCUT2D eigenvalue weighted by atomic mass is 10.1. The second-order valence-electron chi connectivity index (χ2n) is 4.76. The molecule has 2 amide bonds. The maximum atomic E-state index is 12.0. The van der Waals surface area contributed by atoms with Gasteiger partial charge in [-0.25, -0.2) is 14.8 Å². The van der Waals surface area contributed by atoms with E-state index in [-0.39, 0.29) is 12.1 Å². The third-order valence-corrected chi connectivity index (χ3v) is 3.42. The monoisotopic (exact) mass is 303 g/mol. The van der Waals surface area contributed by atoms with Crippen molar-refractivity contribution >= 4 is 29.3 Å². The fourth-order valence-corrected chi connectivity index (χ4v) is 2.15. The molecule has 1 aromatic heterocycles. The summed E-state index contributed by atoms with van der Waals surface area (Å²) in [6, 6.07) is 8.85. The molecular formula is C14H14ClN5O. The summed E-state index contributed by atoms with van der Waals surface area (Å²) in [4.78, 5) is 21.9. The zero-order valence-corrected chi connectivity index (χ0v) is 11.9. The minimum atomic E-state index is -0.121. The largest absolute Gasteiger partial charge is 0.348 e. The molecule has 3 rings (SSSR count). The highest BCUT2D eigenvalue weighted by atomic mass is 35.5. The summed E-state index contributed by atoms with van der Waals surface area (Å²) in [5.41, 5.74) is 0.729. The van der Waals surface area contributed by atoms with Gasteiger partial charge in [0.1, 0.15) is 0 Å². The van der Waals surface area contributed by atoms with Gasteiger partial charge >= 0.3 is 6.03 Å². The Morgan fingerprint density at radius 1 is 1.19 bits per heavy atom. The summed E-state index contributed by atoms with van der Waals surface area (Å²) in [7, 11) is 0. The molecule has 0 aliphatic carbocycles. The van der Waals surface area contributed by atoms with Gasteiger partial charge in [-0.1, -0.05) is 11.6 Å². The number of anilines is 2. The second kappa shape index (κ2) is 5.97. The molecule has 21 heavy (non-hydrogen) atoms. The van der Waals surface area contributed by atoms with Crippen molar-refractivity contribution in [1.29, 1.82) is 0 Å². The predicted octanol–water partition coefficient (Wildman–Crippen LogP) is 2.46. The van der Waals surface area contributed by atoms with Crippen LogP contribution in [0, 0.1) is 0 Å². The topological polar surface area (TPSA) is 70.2 Å². The summed E-state index contributed by atoms with van der Waals surface area (Å²) in [5.74, 6) is 0.584. The highest BCUT2D eigenvalue weighted by Crippen LogP contribution is 2.17. The van der Waals surface area contributed by atoms with Crippen molar-refractivity contribution in [2.75, 3.05) is 23.7 Å². The van der Waals surface area contributed by atoms with E-state index in [1.807, 2.05) is 0 Å². The summed E-state index contributed by atoms with van der Waals surface area (Å²) >= 11 is 5.80. The van der Waals surface area contributed by atoms with Crippen LogP contribution in [0.2, 0.25) is 5.02 Å². The maximum Gasteiger partial charge on any atom is 0.321 e. The van der Waals surface area contributed by atoms with Gasteiger partial charge in [0.25, 0.3) is 0 Å². The lowest BCUT2D eigenvalue weighted by Crippen LogP contribution is -2.58. The normalized spacial score (nSPS) is 14.4. The van der Waals surface area contributed by atoms with Crippen LogP contribution >= 0.6 is 11.6 Å². The van der Waals surface area contributed by atoms with Gasteiger partial charge in [-0.2, -0.15) is 0 Å². The highest BCUT2D eigenvalue weighted by molar-refractivity contribution is 6.30. The Balaban J connectivity index is 1.47. The van der Waals surface area contributed by atoms with Gasteiger partial charge in [0, 0.05) is 36.2 Å². The van der Waals surface area contributed by atoms with E-state index in [1.165, 1.54) is 0 Å². The smallest absolute Gasteiger partial charge is 0.321 e. The molecule has 2 N–H and O–H groups in total.